The van der Waals surface area contributed by atoms with E-state index in [2.05, 4.69) is 10.0 Å². The maximum Gasteiger partial charge on any atom is 0.338 e. The minimum absolute atomic E-state index is 0.0584. The van der Waals surface area contributed by atoms with Crippen LogP contribution in [0.2, 0.25) is 0 Å². The third kappa shape index (κ3) is 7.58. The normalized spacial score (nSPS) is 10.8. The highest BCUT2D eigenvalue weighted by Crippen LogP contribution is 2.12. The number of urea groups is 1. The monoisotopic (exact) mass is 357 g/mol. The molecule has 0 aromatic heterocycles. The summed E-state index contributed by atoms with van der Waals surface area (Å²) >= 11 is 0. The van der Waals surface area contributed by atoms with Crippen molar-refractivity contribution in [3.63, 3.8) is 0 Å². The van der Waals surface area contributed by atoms with E-state index in [1.54, 1.807) is 13.8 Å². The van der Waals surface area contributed by atoms with E-state index in [4.69, 9.17) is 4.74 Å². The smallest absolute Gasteiger partial charge is 0.338 e. The topological polar surface area (TPSA) is 131 Å². The van der Waals surface area contributed by atoms with Crippen molar-refractivity contribution < 1.29 is 27.5 Å². The van der Waals surface area contributed by atoms with Crippen molar-refractivity contribution in [1.82, 2.24) is 10.6 Å². The summed E-state index contributed by atoms with van der Waals surface area (Å²) in [5.74, 6) is -1.61. The first-order valence-corrected chi connectivity index (χ1v) is 8.81. The largest absolute Gasteiger partial charge is 0.452 e. The second-order valence-corrected chi connectivity index (χ2v) is 6.96. The molecule has 0 fully saturated rings. The molecule has 0 aliphatic heterocycles. The fourth-order valence-electron chi connectivity index (χ4n) is 1.60. The Hall–Kier alpha value is -2.62. The molecule has 0 unspecified atom stereocenters. The van der Waals surface area contributed by atoms with Crippen molar-refractivity contribution in [2.24, 2.45) is 0 Å². The average Bonchev–Trinajstić information content (AvgIpc) is 2.42. The van der Waals surface area contributed by atoms with Gasteiger partial charge in [-0.2, -0.15) is 0 Å². The van der Waals surface area contributed by atoms with Crippen LogP contribution < -0.4 is 15.4 Å². The number of rotatable bonds is 6. The molecular weight excluding hydrogens is 338 g/mol. The molecule has 3 N–H and O–H groups in total. The molecule has 0 saturated heterocycles. The Morgan fingerprint density at radius 2 is 1.88 bits per heavy atom. The second-order valence-electron chi connectivity index (χ2n) is 5.21. The van der Waals surface area contributed by atoms with E-state index in [0.717, 1.165) is 6.26 Å². The lowest BCUT2D eigenvalue weighted by Gasteiger charge is -2.10. The lowest BCUT2D eigenvalue weighted by atomic mass is 10.2. The van der Waals surface area contributed by atoms with E-state index in [9.17, 15) is 22.8 Å². The number of anilines is 1. The van der Waals surface area contributed by atoms with E-state index < -0.39 is 34.5 Å². The molecule has 0 aliphatic rings. The van der Waals surface area contributed by atoms with E-state index in [1.165, 1.54) is 24.3 Å². The van der Waals surface area contributed by atoms with Gasteiger partial charge >= 0.3 is 12.0 Å². The third-order valence-corrected chi connectivity index (χ3v) is 3.02. The van der Waals surface area contributed by atoms with Gasteiger partial charge in [0.25, 0.3) is 5.91 Å². The second kappa shape index (κ2) is 8.29. The number of amides is 3. The summed E-state index contributed by atoms with van der Waals surface area (Å²) in [6.45, 7) is 2.80. The predicted molar refractivity (Wildman–Crippen MR) is 87.0 cm³/mol. The Kier molecular flexibility index (Phi) is 6.71. The van der Waals surface area contributed by atoms with Gasteiger partial charge < -0.3 is 10.1 Å². The van der Waals surface area contributed by atoms with Crippen LogP contribution in [0, 0.1) is 0 Å². The molecule has 1 rings (SSSR count). The quantitative estimate of drug-likeness (QED) is 0.634. The van der Waals surface area contributed by atoms with Gasteiger partial charge in [0.1, 0.15) is 0 Å². The zero-order valence-electron chi connectivity index (χ0n) is 13.5. The number of imide groups is 1. The molecule has 0 bridgehead atoms. The van der Waals surface area contributed by atoms with Gasteiger partial charge in [0, 0.05) is 11.7 Å². The van der Waals surface area contributed by atoms with Crippen LogP contribution in [0.1, 0.15) is 24.2 Å². The first-order chi connectivity index (χ1) is 11.1. The lowest BCUT2D eigenvalue weighted by Crippen LogP contribution is -2.44. The van der Waals surface area contributed by atoms with Gasteiger partial charge in [-0.15, -0.1) is 0 Å². The lowest BCUT2D eigenvalue weighted by molar-refractivity contribution is -0.123. The maximum atomic E-state index is 11.9. The number of sulfonamides is 1. The Morgan fingerprint density at radius 1 is 1.21 bits per heavy atom. The van der Waals surface area contributed by atoms with Gasteiger partial charge in [-0.3, -0.25) is 14.8 Å². The van der Waals surface area contributed by atoms with Crippen LogP contribution >= 0.6 is 0 Å². The fraction of sp³-hybridized carbons (Fsp3) is 0.357. The van der Waals surface area contributed by atoms with Crippen molar-refractivity contribution in [3.8, 4) is 0 Å². The molecule has 0 aliphatic carbocycles. The highest BCUT2D eigenvalue weighted by Gasteiger charge is 2.13. The Morgan fingerprint density at radius 3 is 2.46 bits per heavy atom. The zero-order valence-corrected chi connectivity index (χ0v) is 14.3. The number of carbonyl (C=O) groups excluding carboxylic acids is 3. The Balaban J connectivity index is 2.58. The van der Waals surface area contributed by atoms with Gasteiger partial charge in [-0.1, -0.05) is 6.07 Å². The maximum absolute atomic E-state index is 11.9. The number of nitrogens with one attached hydrogen (secondary N) is 3. The SMILES string of the molecule is CC(C)NC(=O)NC(=O)COC(=O)c1cccc(NS(C)(=O)=O)c1. The van der Waals surface area contributed by atoms with Crippen molar-refractivity contribution in [3.05, 3.63) is 29.8 Å². The molecule has 1 aromatic rings. The number of carbonyl (C=O) groups is 3. The molecule has 132 valence electrons. The summed E-state index contributed by atoms with van der Waals surface area (Å²) in [6, 6.07) is 4.75. The number of esters is 1. The molecule has 9 nitrogen and oxygen atoms in total. The first-order valence-electron chi connectivity index (χ1n) is 6.92. The van der Waals surface area contributed by atoms with Gasteiger partial charge in [0.2, 0.25) is 10.0 Å². The summed E-state index contributed by atoms with van der Waals surface area (Å²) in [7, 11) is -3.48. The number of ether oxygens (including phenoxy) is 1. The molecule has 0 atom stereocenters. The third-order valence-electron chi connectivity index (χ3n) is 2.41. The highest BCUT2D eigenvalue weighted by molar-refractivity contribution is 7.92. The van der Waals surface area contributed by atoms with Gasteiger partial charge in [-0.05, 0) is 32.0 Å². The van der Waals surface area contributed by atoms with Crippen LogP contribution in [0.25, 0.3) is 0 Å². The summed E-state index contributed by atoms with van der Waals surface area (Å²) < 4.78 is 29.3. The van der Waals surface area contributed by atoms with Crippen LogP contribution in [-0.2, 0) is 19.6 Å². The van der Waals surface area contributed by atoms with Crippen LogP contribution in [0.5, 0.6) is 0 Å². The van der Waals surface area contributed by atoms with Crippen molar-refractivity contribution in [2.75, 3.05) is 17.6 Å². The van der Waals surface area contributed by atoms with Gasteiger partial charge in [-0.25, -0.2) is 18.0 Å². The minimum Gasteiger partial charge on any atom is -0.452 e. The minimum atomic E-state index is -3.48. The average molecular weight is 357 g/mol. The van der Waals surface area contributed by atoms with Crippen molar-refractivity contribution in [1.29, 1.82) is 0 Å². The Bertz CT molecular complexity index is 730. The fourth-order valence-corrected chi connectivity index (χ4v) is 2.15. The molecule has 24 heavy (non-hydrogen) atoms. The number of hydrogen-bond donors (Lipinski definition) is 3. The summed E-state index contributed by atoms with van der Waals surface area (Å²) in [6.07, 6.45) is 0.977. The highest BCUT2D eigenvalue weighted by atomic mass is 32.2. The summed E-state index contributed by atoms with van der Waals surface area (Å²) in [4.78, 5) is 34.6. The van der Waals surface area contributed by atoms with Crippen LogP contribution in [0.4, 0.5) is 10.5 Å². The molecule has 0 spiro atoms. The van der Waals surface area contributed by atoms with Gasteiger partial charge in [0.05, 0.1) is 11.8 Å². The molecule has 10 heteroatoms. The van der Waals surface area contributed by atoms with E-state index in [1.807, 2.05) is 5.32 Å². The predicted octanol–water partition coefficient (Wildman–Crippen LogP) is 0.449. The van der Waals surface area contributed by atoms with Gasteiger partial charge in [0.15, 0.2) is 6.61 Å². The van der Waals surface area contributed by atoms with Crippen molar-refractivity contribution >= 4 is 33.6 Å². The van der Waals surface area contributed by atoms with E-state index in [-0.39, 0.29) is 17.3 Å². The Labute approximate surface area is 139 Å². The van der Waals surface area contributed by atoms with Crippen molar-refractivity contribution in [2.45, 2.75) is 19.9 Å². The number of benzene rings is 1. The molecule has 0 heterocycles. The molecule has 0 radical (unpaired) electrons. The molecule has 3 amide bonds. The first kappa shape index (κ1) is 19.4. The van der Waals surface area contributed by atoms with E-state index >= 15 is 0 Å². The number of hydrogen-bond acceptors (Lipinski definition) is 6. The summed E-state index contributed by atoms with van der Waals surface area (Å²) in [5.41, 5.74) is 0.246. The van der Waals surface area contributed by atoms with Crippen LogP contribution in [0.15, 0.2) is 24.3 Å². The summed E-state index contributed by atoms with van der Waals surface area (Å²) in [5, 5.41) is 4.45. The molecule has 1 aromatic carbocycles. The zero-order chi connectivity index (χ0) is 18.3. The molecule has 0 saturated carbocycles. The van der Waals surface area contributed by atoms with E-state index in [0.29, 0.717) is 0 Å². The van der Waals surface area contributed by atoms with Crippen LogP contribution in [0.3, 0.4) is 0 Å². The molecular formula is C14H19N3O6S. The standard InChI is InChI=1S/C14H19N3O6S/c1-9(2)15-14(20)16-12(18)8-23-13(19)10-5-4-6-11(7-10)17-24(3,21)22/h4-7,9,17H,8H2,1-3H3,(H2,15,16,18,20). The van der Waals surface area contributed by atoms with Crippen LogP contribution in [-0.4, -0.2) is 45.2 Å².